The van der Waals surface area contributed by atoms with E-state index in [0.29, 0.717) is 10.8 Å². The van der Waals surface area contributed by atoms with Gasteiger partial charge in [0, 0.05) is 17.5 Å². The minimum absolute atomic E-state index is 0.0679. The largest absolute Gasteiger partial charge is 0.312 e. The van der Waals surface area contributed by atoms with E-state index in [1.165, 1.54) is 11.3 Å². The number of hydrogen-bond donors (Lipinski definition) is 2. The van der Waals surface area contributed by atoms with E-state index in [1.54, 1.807) is 6.07 Å². The van der Waals surface area contributed by atoms with E-state index in [-0.39, 0.29) is 6.04 Å². The van der Waals surface area contributed by atoms with Gasteiger partial charge in [0.15, 0.2) is 0 Å². The van der Waals surface area contributed by atoms with Crippen molar-refractivity contribution in [2.45, 2.75) is 37.1 Å². The molecule has 1 rings (SSSR count). The van der Waals surface area contributed by atoms with Crippen molar-refractivity contribution in [1.29, 1.82) is 0 Å². The molecule has 5 nitrogen and oxygen atoms in total. The number of nitrogens with one attached hydrogen (secondary N) is 2. The molecule has 1 heterocycles. The van der Waals surface area contributed by atoms with Gasteiger partial charge < -0.3 is 10.2 Å². The molecule has 20 heavy (non-hydrogen) atoms. The fraction of sp³-hybridized carbons (Fsp3) is 0.692. The van der Waals surface area contributed by atoms with Crippen LogP contribution in [0.5, 0.6) is 0 Å². The Morgan fingerprint density at radius 1 is 1.35 bits per heavy atom. The first-order valence-electron chi connectivity index (χ1n) is 6.81. The maximum atomic E-state index is 12.2. The Bertz CT molecular complexity index is 497. The Kier molecular flexibility index (Phi) is 7.11. The van der Waals surface area contributed by atoms with Gasteiger partial charge in [-0.1, -0.05) is 6.92 Å². The van der Waals surface area contributed by atoms with Crippen molar-refractivity contribution in [1.82, 2.24) is 14.9 Å². The van der Waals surface area contributed by atoms with Crippen molar-refractivity contribution < 1.29 is 8.42 Å². The van der Waals surface area contributed by atoms with Crippen LogP contribution in [-0.2, 0) is 16.6 Å². The minimum atomic E-state index is -3.39. The molecule has 1 aromatic rings. The van der Waals surface area contributed by atoms with Crippen LogP contribution in [0.15, 0.2) is 16.3 Å². The van der Waals surface area contributed by atoms with Crippen LogP contribution in [0.25, 0.3) is 0 Å². The third kappa shape index (κ3) is 5.88. The lowest BCUT2D eigenvalue weighted by Crippen LogP contribution is -2.34. The molecule has 0 aliphatic carbocycles. The molecule has 1 aromatic heterocycles. The molecule has 0 saturated heterocycles. The van der Waals surface area contributed by atoms with Crippen molar-refractivity contribution in [3.63, 3.8) is 0 Å². The van der Waals surface area contributed by atoms with Crippen LogP contribution in [0.3, 0.4) is 0 Å². The maximum absolute atomic E-state index is 12.2. The van der Waals surface area contributed by atoms with Crippen LogP contribution in [-0.4, -0.2) is 46.5 Å². The second-order valence-corrected chi connectivity index (χ2v) is 8.22. The first-order chi connectivity index (χ1) is 9.35. The SMILES string of the molecule is CCNCc1ccc(S(=O)(=O)NC(C)CCN(C)C)s1. The highest BCUT2D eigenvalue weighted by molar-refractivity contribution is 7.91. The van der Waals surface area contributed by atoms with Crippen LogP contribution < -0.4 is 10.0 Å². The van der Waals surface area contributed by atoms with Crippen molar-refractivity contribution in [3.05, 3.63) is 17.0 Å². The second-order valence-electron chi connectivity index (χ2n) is 5.12. The van der Waals surface area contributed by atoms with Gasteiger partial charge in [-0.2, -0.15) is 0 Å². The van der Waals surface area contributed by atoms with Crippen molar-refractivity contribution in [3.8, 4) is 0 Å². The zero-order valence-electron chi connectivity index (χ0n) is 12.6. The smallest absolute Gasteiger partial charge is 0.250 e. The van der Waals surface area contributed by atoms with Gasteiger partial charge in [-0.05, 0) is 52.7 Å². The fourth-order valence-electron chi connectivity index (χ4n) is 1.68. The van der Waals surface area contributed by atoms with Crippen LogP contribution in [0.1, 0.15) is 25.1 Å². The summed E-state index contributed by atoms with van der Waals surface area (Å²) in [6.07, 6.45) is 0.794. The predicted octanol–water partition coefficient (Wildman–Crippen LogP) is 1.48. The Morgan fingerprint density at radius 2 is 2.05 bits per heavy atom. The first-order valence-corrected chi connectivity index (χ1v) is 9.11. The molecule has 0 radical (unpaired) electrons. The quantitative estimate of drug-likeness (QED) is 0.724. The predicted molar refractivity (Wildman–Crippen MR) is 84.7 cm³/mol. The number of rotatable bonds is 9. The molecule has 116 valence electrons. The van der Waals surface area contributed by atoms with E-state index >= 15 is 0 Å². The molecule has 0 aromatic carbocycles. The van der Waals surface area contributed by atoms with E-state index in [1.807, 2.05) is 38.9 Å². The summed E-state index contributed by atoms with van der Waals surface area (Å²) < 4.78 is 27.6. The molecule has 0 amide bonds. The van der Waals surface area contributed by atoms with Crippen LogP contribution in [0.2, 0.25) is 0 Å². The Labute approximate surface area is 126 Å². The number of sulfonamides is 1. The van der Waals surface area contributed by atoms with Gasteiger partial charge in [-0.15, -0.1) is 11.3 Å². The molecule has 0 fully saturated rings. The zero-order chi connectivity index (χ0) is 15.2. The van der Waals surface area contributed by atoms with E-state index in [0.717, 1.165) is 24.4 Å². The summed E-state index contributed by atoms with van der Waals surface area (Å²) in [6, 6.07) is 3.48. The molecule has 2 N–H and O–H groups in total. The van der Waals surface area contributed by atoms with Gasteiger partial charge in [-0.25, -0.2) is 13.1 Å². The van der Waals surface area contributed by atoms with Crippen molar-refractivity contribution in [2.75, 3.05) is 27.2 Å². The molecule has 0 bridgehead atoms. The Balaban J connectivity index is 2.61. The van der Waals surface area contributed by atoms with Crippen molar-refractivity contribution in [2.24, 2.45) is 0 Å². The Morgan fingerprint density at radius 3 is 2.65 bits per heavy atom. The van der Waals surface area contributed by atoms with Gasteiger partial charge >= 0.3 is 0 Å². The first kappa shape index (κ1) is 17.6. The molecular weight excluding hydrogens is 294 g/mol. The second kappa shape index (κ2) is 8.09. The average Bonchev–Trinajstić information content (AvgIpc) is 2.83. The number of nitrogens with zero attached hydrogens (tertiary/aromatic N) is 1. The lowest BCUT2D eigenvalue weighted by molar-refractivity contribution is 0.379. The summed E-state index contributed by atoms with van der Waals surface area (Å²) in [6.45, 7) is 6.37. The van der Waals surface area contributed by atoms with E-state index in [2.05, 4.69) is 10.0 Å². The molecule has 1 unspecified atom stereocenters. The van der Waals surface area contributed by atoms with E-state index in [4.69, 9.17) is 0 Å². The minimum Gasteiger partial charge on any atom is -0.312 e. The van der Waals surface area contributed by atoms with Crippen LogP contribution in [0.4, 0.5) is 0 Å². The molecule has 0 saturated carbocycles. The summed E-state index contributed by atoms with van der Waals surface area (Å²) >= 11 is 1.32. The summed E-state index contributed by atoms with van der Waals surface area (Å²) in [5.74, 6) is 0. The standard InChI is InChI=1S/C13H25N3O2S2/c1-5-14-10-12-6-7-13(19-12)20(17,18)15-11(2)8-9-16(3)4/h6-7,11,14-15H,5,8-10H2,1-4H3. The monoisotopic (exact) mass is 319 g/mol. The van der Waals surface area contributed by atoms with Gasteiger partial charge in [0.05, 0.1) is 0 Å². The van der Waals surface area contributed by atoms with Crippen LogP contribution in [0, 0.1) is 0 Å². The molecule has 7 heteroatoms. The number of hydrogen-bond acceptors (Lipinski definition) is 5. The molecule has 1 atom stereocenters. The lowest BCUT2D eigenvalue weighted by Gasteiger charge is -2.16. The van der Waals surface area contributed by atoms with E-state index < -0.39 is 10.0 Å². The Hall–Kier alpha value is -0.470. The molecular formula is C13H25N3O2S2. The molecule has 0 aliphatic heterocycles. The third-order valence-corrected chi connectivity index (χ3v) is 5.98. The fourth-order valence-corrected chi connectivity index (χ4v) is 4.30. The highest BCUT2D eigenvalue weighted by Crippen LogP contribution is 2.21. The van der Waals surface area contributed by atoms with Gasteiger partial charge in [0.25, 0.3) is 0 Å². The highest BCUT2D eigenvalue weighted by atomic mass is 32.2. The molecule has 0 aliphatic rings. The van der Waals surface area contributed by atoms with E-state index in [9.17, 15) is 8.42 Å². The van der Waals surface area contributed by atoms with Gasteiger partial charge in [0.2, 0.25) is 10.0 Å². The summed E-state index contributed by atoms with van der Waals surface area (Å²) in [5.41, 5.74) is 0. The lowest BCUT2D eigenvalue weighted by atomic mass is 10.2. The summed E-state index contributed by atoms with van der Waals surface area (Å²) in [4.78, 5) is 3.08. The average molecular weight is 319 g/mol. The summed E-state index contributed by atoms with van der Waals surface area (Å²) in [7, 11) is 0.570. The topological polar surface area (TPSA) is 61.4 Å². The molecule has 0 spiro atoms. The number of thiophene rings is 1. The normalized spacial score (nSPS) is 13.8. The highest BCUT2D eigenvalue weighted by Gasteiger charge is 2.19. The maximum Gasteiger partial charge on any atom is 0.250 e. The van der Waals surface area contributed by atoms with Crippen molar-refractivity contribution >= 4 is 21.4 Å². The van der Waals surface area contributed by atoms with Crippen LogP contribution >= 0.6 is 11.3 Å². The van der Waals surface area contributed by atoms with Gasteiger partial charge in [-0.3, -0.25) is 0 Å². The summed E-state index contributed by atoms with van der Waals surface area (Å²) in [5, 5.41) is 3.19. The van der Waals surface area contributed by atoms with Gasteiger partial charge in [0.1, 0.15) is 4.21 Å². The third-order valence-electron chi connectivity index (χ3n) is 2.82. The zero-order valence-corrected chi connectivity index (χ0v) is 14.3.